The van der Waals surface area contributed by atoms with Gasteiger partial charge in [0.05, 0.1) is 25.2 Å². The fourth-order valence-corrected chi connectivity index (χ4v) is 2.49. The van der Waals surface area contributed by atoms with Crippen LogP contribution in [-0.4, -0.2) is 62.1 Å². The number of rotatable bonds is 18. The maximum absolute atomic E-state index is 11.8. The number of unbranched alkanes of at least 4 members (excludes halogenated alkanes) is 6. The molecule has 1 N–H and O–H groups in total. The van der Waals surface area contributed by atoms with E-state index in [0.29, 0.717) is 19.5 Å². The van der Waals surface area contributed by atoms with Crippen molar-refractivity contribution in [3.8, 4) is 0 Å². The number of ether oxygens (including phenoxy) is 1. The van der Waals surface area contributed by atoms with Gasteiger partial charge >= 0.3 is 59.1 Å². The summed E-state index contributed by atoms with van der Waals surface area (Å²) in [5.74, 6) is -2.60. The number of hydrogen-bond donors (Lipinski definition) is 1. The van der Waals surface area contributed by atoms with Gasteiger partial charge in [-0.15, -0.1) is 0 Å². The van der Waals surface area contributed by atoms with Crippen LogP contribution in [0, 0.1) is 0 Å². The van der Waals surface area contributed by atoms with Crippen molar-refractivity contribution in [3.05, 3.63) is 0 Å². The molecule has 0 atom stereocenters. The van der Waals surface area contributed by atoms with Crippen molar-refractivity contribution < 1.29 is 88.4 Å². The van der Waals surface area contributed by atoms with E-state index in [2.05, 4.69) is 12.2 Å². The first-order valence-corrected chi connectivity index (χ1v) is 9.42. The molecule has 0 fully saturated rings. The Labute approximate surface area is 212 Å². The summed E-state index contributed by atoms with van der Waals surface area (Å²) in [5.41, 5.74) is 0. The second-order valence-corrected chi connectivity index (χ2v) is 6.29. The van der Waals surface area contributed by atoms with Crippen molar-refractivity contribution in [3.63, 3.8) is 0 Å². The summed E-state index contributed by atoms with van der Waals surface area (Å²) in [6, 6.07) is 0. The van der Waals surface area contributed by atoms with Crippen molar-refractivity contribution in [2.45, 2.75) is 58.3 Å². The molecule has 0 saturated heterocycles. The Morgan fingerprint density at radius 3 is 2.07 bits per heavy atom. The van der Waals surface area contributed by atoms with Crippen molar-refractivity contribution in [2.24, 2.45) is 0 Å². The molecule has 8 nitrogen and oxygen atoms in total. The van der Waals surface area contributed by atoms with Gasteiger partial charge in [0.25, 0.3) is 0 Å². The minimum Gasteiger partial charge on any atom is -0.549 e. The Hall–Kier alpha value is 0.330. The van der Waals surface area contributed by atoms with E-state index in [9.17, 15) is 24.6 Å². The molecule has 28 heavy (non-hydrogen) atoms. The second kappa shape index (κ2) is 23.6. The fraction of sp³-hybridized carbons (Fsp3) is 0.833. The Balaban J connectivity index is -0.00000312. The number of carboxylic acids is 2. The summed E-state index contributed by atoms with van der Waals surface area (Å²) < 4.78 is 4.83. The third-order valence-electron chi connectivity index (χ3n) is 3.88. The van der Waals surface area contributed by atoms with E-state index in [1.54, 1.807) is 0 Å². The van der Waals surface area contributed by atoms with Gasteiger partial charge in [-0.25, -0.2) is 0 Å². The number of carbonyl (C=O) groups is 3. The van der Waals surface area contributed by atoms with Crippen molar-refractivity contribution in [2.75, 3.05) is 39.4 Å². The molecule has 0 unspecified atom stereocenters. The number of nitrogens with one attached hydrogen (secondary N) is 1. The molecule has 152 valence electrons. The van der Waals surface area contributed by atoms with Crippen LogP contribution in [-0.2, 0) is 19.1 Å². The topological polar surface area (TPSA) is 122 Å². The number of hydrogen-bond acceptors (Lipinski definition) is 7. The van der Waals surface area contributed by atoms with E-state index in [1.807, 2.05) is 0 Å². The van der Waals surface area contributed by atoms with Crippen LogP contribution < -0.4 is 74.6 Å². The molecular weight excluding hydrogens is 386 g/mol. The average Bonchev–Trinajstić information content (AvgIpc) is 2.57. The van der Waals surface area contributed by atoms with Gasteiger partial charge in [-0.2, -0.15) is 0 Å². The monoisotopic (exact) mass is 418 g/mol. The van der Waals surface area contributed by atoms with Gasteiger partial charge in [0.2, 0.25) is 5.91 Å². The maximum atomic E-state index is 11.8. The molecule has 0 radical (unpaired) electrons. The van der Waals surface area contributed by atoms with Crippen molar-refractivity contribution >= 4 is 17.8 Å². The maximum Gasteiger partial charge on any atom is 1.00 e. The summed E-state index contributed by atoms with van der Waals surface area (Å²) in [7, 11) is 0. The third kappa shape index (κ3) is 24.4. The summed E-state index contributed by atoms with van der Waals surface area (Å²) >= 11 is 0. The van der Waals surface area contributed by atoms with E-state index < -0.39 is 18.5 Å². The quantitative estimate of drug-likeness (QED) is 0.173. The van der Waals surface area contributed by atoms with Gasteiger partial charge in [0.15, 0.2) is 0 Å². The Kier molecular flexibility index (Phi) is 27.8. The van der Waals surface area contributed by atoms with Crippen LogP contribution in [0.1, 0.15) is 58.3 Å². The van der Waals surface area contributed by atoms with Crippen LogP contribution in [0.3, 0.4) is 0 Å². The molecule has 0 heterocycles. The normalized spacial score (nSPS) is 10.1. The first-order valence-electron chi connectivity index (χ1n) is 9.42. The van der Waals surface area contributed by atoms with Gasteiger partial charge in [-0.3, -0.25) is 9.69 Å². The molecule has 0 bridgehead atoms. The van der Waals surface area contributed by atoms with E-state index >= 15 is 0 Å². The number of amides is 1. The summed E-state index contributed by atoms with van der Waals surface area (Å²) in [6.07, 6.45) is 8.49. The standard InChI is InChI=1S/C18H34N2O6.2Na/c1-2-3-4-5-6-7-8-9-16(21)19-10-11-20(14-17(22)23)12-13-26-15-18(24)25;;/h2-15H2,1H3,(H,19,21)(H,22,23)(H,24,25);;/q;2*+1/p-2. The Bertz CT molecular complexity index is 414. The van der Waals surface area contributed by atoms with Gasteiger partial charge in [0, 0.05) is 32.6 Å². The van der Waals surface area contributed by atoms with Gasteiger partial charge in [-0.05, 0) is 6.42 Å². The molecule has 0 aliphatic rings. The number of nitrogens with zero attached hydrogens (tertiary/aromatic N) is 1. The first-order chi connectivity index (χ1) is 12.5. The molecule has 0 saturated carbocycles. The van der Waals surface area contributed by atoms with Gasteiger partial charge in [-0.1, -0.05) is 45.4 Å². The van der Waals surface area contributed by atoms with Crippen molar-refractivity contribution in [1.29, 1.82) is 0 Å². The van der Waals surface area contributed by atoms with Crippen molar-refractivity contribution in [1.82, 2.24) is 10.2 Å². The molecule has 0 aromatic heterocycles. The predicted molar refractivity (Wildman–Crippen MR) is 92.9 cm³/mol. The molecule has 0 aliphatic carbocycles. The fourth-order valence-electron chi connectivity index (χ4n) is 2.49. The van der Waals surface area contributed by atoms with E-state index in [-0.39, 0.29) is 84.7 Å². The van der Waals surface area contributed by atoms with E-state index in [1.165, 1.54) is 30.6 Å². The summed E-state index contributed by atoms with van der Waals surface area (Å²) in [4.78, 5) is 34.3. The van der Waals surface area contributed by atoms with Gasteiger partial charge < -0.3 is 29.9 Å². The molecule has 0 aromatic rings. The Morgan fingerprint density at radius 1 is 0.893 bits per heavy atom. The predicted octanol–water partition coefficient (Wildman–Crippen LogP) is -6.93. The van der Waals surface area contributed by atoms with Gasteiger partial charge in [0.1, 0.15) is 0 Å². The molecule has 10 heteroatoms. The number of aliphatic carboxylic acids is 2. The molecule has 0 spiro atoms. The third-order valence-corrected chi connectivity index (χ3v) is 3.88. The first kappa shape index (κ1) is 33.0. The zero-order valence-corrected chi connectivity index (χ0v) is 21.8. The largest absolute Gasteiger partial charge is 1.00 e. The minimum absolute atomic E-state index is 0. The smallest absolute Gasteiger partial charge is 0.549 e. The SMILES string of the molecule is CCCCCCCCCC(=O)NCCN(CCOCC(=O)[O-])CC(=O)[O-].[Na+].[Na+]. The summed E-state index contributed by atoms with van der Waals surface area (Å²) in [6.45, 7) is 2.28. The summed E-state index contributed by atoms with van der Waals surface area (Å²) in [5, 5.41) is 23.7. The van der Waals surface area contributed by atoms with E-state index in [0.717, 1.165) is 19.3 Å². The van der Waals surface area contributed by atoms with Crippen LogP contribution in [0.5, 0.6) is 0 Å². The van der Waals surface area contributed by atoms with Crippen LogP contribution >= 0.6 is 0 Å². The van der Waals surface area contributed by atoms with E-state index in [4.69, 9.17) is 4.74 Å². The van der Waals surface area contributed by atoms with Crippen LogP contribution in [0.2, 0.25) is 0 Å². The molecular formula is C18H32N2Na2O6. The zero-order chi connectivity index (χ0) is 19.6. The van der Waals surface area contributed by atoms with Crippen LogP contribution in [0.4, 0.5) is 0 Å². The second-order valence-electron chi connectivity index (χ2n) is 6.29. The molecule has 1 amide bonds. The molecule has 0 aliphatic heterocycles. The Morgan fingerprint density at radius 2 is 1.50 bits per heavy atom. The molecule has 0 aromatic carbocycles. The number of carbonyl (C=O) groups excluding carboxylic acids is 3. The minimum atomic E-state index is -1.32. The average molecular weight is 418 g/mol. The number of carboxylic acid groups (broad SMARTS) is 2. The zero-order valence-electron chi connectivity index (χ0n) is 17.8. The molecule has 0 rings (SSSR count). The van der Waals surface area contributed by atoms with Crippen LogP contribution in [0.25, 0.3) is 0 Å². The van der Waals surface area contributed by atoms with Crippen LogP contribution in [0.15, 0.2) is 0 Å².